The summed E-state index contributed by atoms with van der Waals surface area (Å²) < 4.78 is 4.72. The van der Waals surface area contributed by atoms with Gasteiger partial charge in [0.1, 0.15) is 17.9 Å². The summed E-state index contributed by atoms with van der Waals surface area (Å²) in [5.41, 5.74) is 0. The van der Waals surface area contributed by atoms with Crippen LogP contribution in [0.3, 0.4) is 0 Å². The molecule has 0 bridgehead atoms. The Morgan fingerprint density at radius 1 is 1.43 bits per heavy atom. The summed E-state index contributed by atoms with van der Waals surface area (Å²) in [4.78, 5) is 35.4. The normalized spacial score (nSPS) is 21.8. The van der Waals surface area contributed by atoms with Gasteiger partial charge in [-0.3, -0.25) is 9.59 Å². The summed E-state index contributed by atoms with van der Waals surface area (Å²) in [6, 6.07) is -0.867. The number of hydrogen-bond donors (Lipinski definition) is 2. The van der Waals surface area contributed by atoms with Gasteiger partial charge in [0, 0.05) is 12.8 Å². The molecule has 1 amide bonds. The zero-order valence-electron chi connectivity index (χ0n) is 12.9. The molecule has 0 aromatic rings. The first kappa shape index (κ1) is 17.6. The maximum atomic E-state index is 12.0. The van der Waals surface area contributed by atoms with Crippen LogP contribution in [0.5, 0.6) is 0 Å². The molecule has 0 unspecified atom stereocenters. The van der Waals surface area contributed by atoms with Gasteiger partial charge in [-0.25, -0.2) is 4.79 Å². The maximum Gasteiger partial charge on any atom is 0.328 e. The van der Waals surface area contributed by atoms with E-state index in [1.54, 1.807) is 0 Å². The number of Topliss-reactive ketones (excluding diaryl/α,β-unsaturated/α-hetero) is 1. The average Bonchev–Trinajstić information content (AvgIpc) is 2.42. The predicted octanol–water partition coefficient (Wildman–Crippen LogP) is 0.810. The van der Waals surface area contributed by atoms with E-state index >= 15 is 0 Å². The van der Waals surface area contributed by atoms with Crippen LogP contribution in [0.15, 0.2) is 0 Å². The predicted molar refractivity (Wildman–Crippen MR) is 76.4 cm³/mol. The van der Waals surface area contributed by atoms with E-state index in [0.29, 0.717) is 25.7 Å². The van der Waals surface area contributed by atoms with Crippen LogP contribution in [0.1, 0.15) is 46.0 Å². The van der Waals surface area contributed by atoms with E-state index in [2.05, 4.69) is 5.32 Å². The second-order valence-corrected chi connectivity index (χ2v) is 6.05. The molecule has 6 heteroatoms. The highest BCUT2D eigenvalue weighted by Crippen LogP contribution is 2.25. The Balaban J connectivity index is 2.72. The third-order valence-corrected chi connectivity index (χ3v) is 3.74. The van der Waals surface area contributed by atoms with Crippen molar-refractivity contribution in [2.24, 2.45) is 11.8 Å². The van der Waals surface area contributed by atoms with Crippen LogP contribution in [0.2, 0.25) is 0 Å². The molecule has 1 aliphatic rings. The third kappa shape index (κ3) is 5.46. The number of hydrogen-bond acceptors (Lipinski definition) is 5. The standard InChI is InChI=1S/C15H25NO5/c1-9(2)7-12(18)14(19)16-13(15(20)21-3)10-5-4-6-11(17)8-10/h9-10,12-13,18H,4-8H2,1-3H3,(H,16,19)/t10-,12-,13+/m0/s1. The molecule has 1 saturated carbocycles. The van der Waals surface area contributed by atoms with Crippen LogP contribution < -0.4 is 5.32 Å². The van der Waals surface area contributed by atoms with Gasteiger partial charge in [-0.2, -0.15) is 0 Å². The van der Waals surface area contributed by atoms with Crippen LogP contribution >= 0.6 is 0 Å². The van der Waals surface area contributed by atoms with Crippen LogP contribution in [0, 0.1) is 11.8 Å². The lowest BCUT2D eigenvalue weighted by Gasteiger charge is -2.29. The molecule has 0 aliphatic heterocycles. The number of aliphatic hydroxyl groups is 1. The van der Waals surface area contributed by atoms with Crippen molar-refractivity contribution in [3.8, 4) is 0 Å². The van der Waals surface area contributed by atoms with Gasteiger partial charge >= 0.3 is 5.97 Å². The Hall–Kier alpha value is -1.43. The van der Waals surface area contributed by atoms with Gasteiger partial charge in [0.05, 0.1) is 7.11 Å². The summed E-state index contributed by atoms with van der Waals surface area (Å²) in [5.74, 6) is -1.15. The zero-order chi connectivity index (χ0) is 16.0. The zero-order valence-corrected chi connectivity index (χ0v) is 12.9. The molecular weight excluding hydrogens is 274 g/mol. The van der Waals surface area contributed by atoms with E-state index in [9.17, 15) is 19.5 Å². The molecule has 1 aliphatic carbocycles. The van der Waals surface area contributed by atoms with Crippen LogP contribution in [-0.4, -0.2) is 42.0 Å². The molecule has 0 aromatic carbocycles. The van der Waals surface area contributed by atoms with E-state index in [1.807, 2.05) is 13.8 Å². The second kappa shape index (κ2) is 8.12. The highest BCUT2D eigenvalue weighted by Gasteiger charge is 2.35. The van der Waals surface area contributed by atoms with E-state index in [-0.39, 0.29) is 24.0 Å². The Labute approximate surface area is 125 Å². The minimum atomic E-state index is -1.16. The topological polar surface area (TPSA) is 92.7 Å². The van der Waals surface area contributed by atoms with Crippen molar-refractivity contribution in [3.63, 3.8) is 0 Å². The minimum absolute atomic E-state index is 0.0946. The number of carbonyl (C=O) groups excluding carboxylic acids is 3. The molecule has 0 saturated heterocycles. The monoisotopic (exact) mass is 299 g/mol. The number of amides is 1. The van der Waals surface area contributed by atoms with Gasteiger partial charge in [0.25, 0.3) is 0 Å². The van der Waals surface area contributed by atoms with Gasteiger partial charge in [-0.15, -0.1) is 0 Å². The number of rotatable bonds is 6. The molecule has 1 rings (SSSR count). The van der Waals surface area contributed by atoms with E-state index < -0.39 is 24.0 Å². The first-order valence-electron chi connectivity index (χ1n) is 7.43. The molecule has 2 N–H and O–H groups in total. The summed E-state index contributed by atoms with van der Waals surface area (Å²) in [5, 5.41) is 12.4. The Morgan fingerprint density at radius 2 is 2.10 bits per heavy atom. The van der Waals surface area contributed by atoms with E-state index in [0.717, 1.165) is 0 Å². The number of ether oxygens (including phenoxy) is 1. The van der Waals surface area contributed by atoms with Crippen molar-refractivity contribution in [2.45, 2.75) is 58.1 Å². The number of nitrogens with one attached hydrogen (secondary N) is 1. The number of aliphatic hydroxyl groups excluding tert-OH is 1. The van der Waals surface area contributed by atoms with Crippen molar-refractivity contribution >= 4 is 17.7 Å². The van der Waals surface area contributed by atoms with Gasteiger partial charge in [0.2, 0.25) is 5.91 Å². The molecule has 120 valence electrons. The molecule has 0 spiro atoms. The van der Waals surface area contributed by atoms with Crippen molar-refractivity contribution in [2.75, 3.05) is 7.11 Å². The van der Waals surface area contributed by atoms with Crippen molar-refractivity contribution in [3.05, 3.63) is 0 Å². The summed E-state index contributed by atoms with van der Waals surface area (Å²) in [6.07, 6.45) is 1.35. The maximum absolute atomic E-state index is 12.0. The number of esters is 1. The fourth-order valence-corrected chi connectivity index (χ4v) is 2.64. The molecule has 6 nitrogen and oxygen atoms in total. The molecule has 0 aromatic heterocycles. The van der Waals surface area contributed by atoms with E-state index in [1.165, 1.54) is 7.11 Å². The largest absolute Gasteiger partial charge is 0.467 e. The van der Waals surface area contributed by atoms with Crippen molar-refractivity contribution in [1.29, 1.82) is 0 Å². The Kier molecular flexibility index (Phi) is 6.81. The fourth-order valence-electron chi connectivity index (χ4n) is 2.64. The fraction of sp³-hybridized carbons (Fsp3) is 0.800. The van der Waals surface area contributed by atoms with Crippen molar-refractivity contribution in [1.82, 2.24) is 5.32 Å². The summed E-state index contributed by atoms with van der Waals surface area (Å²) in [7, 11) is 1.25. The lowest BCUT2D eigenvalue weighted by atomic mass is 9.83. The van der Waals surface area contributed by atoms with Crippen LogP contribution in [-0.2, 0) is 19.1 Å². The Morgan fingerprint density at radius 3 is 2.62 bits per heavy atom. The summed E-state index contributed by atoms with van der Waals surface area (Å²) >= 11 is 0. The average molecular weight is 299 g/mol. The van der Waals surface area contributed by atoms with Gasteiger partial charge in [-0.05, 0) is 31.1 Å². The van der Waals surface area contributed by atoms with E-state index in [4.69, 9.17) is 4.74 Å². The number of ketones is 1. The second-order valence-electron chi connectivity index (χ2n) is 6.05. The first-order chi connectivity index (χ1) is 9.85. The lowest BCUT2D eigenvalue weighted by molar-refractivity contribution is -0.148. The van der Waals surface area contributed by atoms with Gasteiger partial charge in [-0.1, -0.05) is 13.8 Å². The molecular formula is C15H25NO5. The third-order valence-electron chi connectivity index (χ3n) is 3.74. The minimum Gasteiger partial charge on any atom is -0.467 e. The molecule has 0 radical (unpaired) electrons. The smallest absolute Gasteiger partial charge is 0.328 e. The van der Waals surface area contributed by atoms with Crippen LogP contribution in [0.25, 0.3) is 0 Å². The summed E-state index contributed by atoms with van der Waals surface area (Å²) in [6.45, 7) is 3.79. The highest BCUT2D eigenvalue weighted by molar-refractivity contribution is 5.88. The molecule has 3 atom stereocenters. The van der Waals surface area contributed by atoms with Crippen LogP contribution in [0.4, 0.5) is 0 Å². The SMILES string of the molecule is COC(=O)[C@H](NC(=O)[C@@H](O)CC(C)C)[C@H]1CCCC(=O)C1. The van der Waals surface area contributed by atoms with Crippen molar-refractivity contribution < 1.29 is 24.2 Å². The number of carbonyl (C=O) groups is 3. The van der Waals surface area contributed by atoms with Gasteiger partial charge < -0.3 is 15.2 Å². The quantitative estimate of drug-likeness (QED) is 0.708. The molecule has 0 heterocycles. The molecule has 1 fully saturated rings. The lowest BCUT2D eigenvalue weighted by Crippen LogP contribution is -2.51. The number of methoxy groups -OCH3 is 1. The van der Waals surface area contributed by atoms with Gasteiger partial charge in [0.15, 0.2) is 0 Å². The first-order valence-corrected chi connectivity index (χ1v) is 7.43. The Bertz CT molecular complexity index is 394. The molecule has 21 heavy (non-hydrogen) atoms. The highest BCUT2D eigenvalue weighted by atomic mass is 16.5.